The number of aromatic nitrogens is 1. The van der Waals surface area contributed by atoms with Gasteiger partial charge >= 0.3 is 6.18 Å². The number of halogens is 3. The first-order chi connectivity index (χ1) is 20.4. The molecule has 1 aromatic heterocycles. The fourth-order valence-corrected chi connectivity index (χ4v) is 4.90. The van der Waals surface area contributed by atoms with Crippen LogP contribution in [-0.4, -0.2) is 46.1 Å². The fraction of sp³-hybridized carbons (Fsp3) is 0.324. The molecule has 0 fully saturated rings. The summed E-state index contributed by atoms with van der Waals surface area (Å²) in [6.07, 6.45) is -3.73. The van der Waals surface area contributed by atoms with Crippen LogP contribution in [0.15, 0.2) is 103 Å². The predicted molar refractivity (Wildman–Crippen MR) is 160 cm³/mol. The summed E-state index contributed by atoms with van der Waals surface area (Å²) in [5.74, 6) is 0. The molecule has 8 heteroatoms. The summed E-state index contributed by atoms with van der Waals surface area (Å²) < 4.78 is 40.0. The molecule has 0 unspecified atom stereocenters. The van der Waals surface area contributed by atoms with Crippen molar-refractivity contribution in [1.29, 1.82) is 0 Å². The minimum atomic E-state index is -4.38. The topological polar surface area (TPSA) is 51.6 Å². The Balaban J connectivity index is 1.48. The summed E-state index contributed by atoms with van der Waals surface area (Å²) in [5.41, 5.74) is 4.23. The van der Waals surface area contributed by atoms with E-state index in [4.69, 9.17) is 10.1 Å². The minimum absolute atomic E-state index is 0.114. The van der Waals surface area contributed by atoms with E-state index in [1.54, 1.807) is 6.07 Å². The number of nitrogens with zero attached hydrogens (tertiary/aromatic N) is 3. The van der Waals surface area contributed by atoms with Crippen molar-refractivity contribution < 1.29 is 18.3 Å². The van der Waals surface area contributed by atoms with Crippen molar-refractivity contribution in [1.82, 2.24) is 20.1 Å². The Morgan fingerprint density at radius 1 is 0.619 bits per heavy atom. The Morgan fingerprint density at radius 3 is 1.76 bits per heavy atom. The molecule has 42 heavy (non-hydrogen) atoms. The minimum Gasteiger partial charge on any atom is -0.396 e. The van der Waals surface area contributed by atoms with Crippen LogP contribution in [0.1, 0.15) is 40.1 Å². The summed E-state index contributed by atoms with van der Waals surface area (Å²) in [6.45, 7) is 5.17. The SMILES string of the molecule is OCCCNCCN(Cc1cccc(C(F)(F)F)c1)Cc1cccc(CN(Cc2ccccc2)Cc2ccccc2)n1. The van der Waals surface area contributed by atoms with E-state index in [9.17, 15) is 13.2 Å². The third-order valence-electron chi connectivity index (χ3n) is 6.91. The molecule has 0 atom stereocenters. The van der Waals surface area contributed by atoms with E-state index in [1.807, 2.05) is 54.6 Å². The first-order valence-corrected chi connectivity index (χ1v) is 14.3. The Bertz CT molecular complexity index is 1290. The normalized spacial score (nSPS) is 11.9. The highest BCUT2D eigenvalue weighted by Crippen LogP contribution is 2.30. The van der Waals surface area contributed by atoms with Gasteiger partial charge in [0.2, 0.25) is 0 Å². The number of alkyl halides is 3. The van der Waals surface area contributed by atoms with Crippen molar-refractivity contribution in [3.8, 4) is 0 Å². The molecular formula is C34H39F3N4O. The van der Waals surface area contributed by atoms with Crippen molar-refractivity contribution in [3.05, 3.63) is 137 Å². The van der Waals surface area contributed by atoms with Crippen LogP contribution in [-0.2, 0) is 38.9 Å². The number of aliphatic hydroxyl groups excluding tert-OH is 1. The van der Waals surface area contributed by atoms with Gasteiger partial charge in [-0.3, -0.25) is 14.8 Å². The average Bonchev–Trinajstić information content (AvgIpc) is 2.98. The number of benzene rings is 3. The van der Waals surface area contributed by atoms with Gasteiger partial charge in [0.15, 0.2) is 0 Å². The molecule has 0 aliphatic carbocycles. The molecule has 0 bridgehead atoms. The quantitative estimate of drug-likeness (QED) is 0.154. The molecule has 222 valence electrons. The van der Waals surface area contributed by atoms with Gasteiger partial charge in [-0.05, 0) is 47.9 Å². The highest BCUT2D eigenvalue weighted by molar-refractivity contribution is 5.26. The molecule has 4 rings (SSSR count). The van der Waals surface area contributed by atoms with Gasteiger partial charge < -0.3 is 10.4 Å². The maximum atomic E-state index is 13.3. The Labute approximate surface area is 246 Å². The summed E-state index contributed by atoms with van der Waals surface area (Å²) in [6, 6.07) is 32.3. The van der Waals surface area contributed by atoms with Crippen LogP contribution >= 0.6 is 0 Å². The van der Waals surface area contributed by atoms with Gasteiger partial charge in [-0.25, -0.2) is 0 Å². The zero-order valence-electron chi connectivity index (χ0n) is 23.8. The molecule has 0 amide bonds. The highest BCUT2D eigenvalue weighted by atomic mass is 19.4. The van der Waals surface area contributed by atoms with Crippen molar-refractivity contribution in [2.45, 2.75) is 45.3 Å². The number of hydrogen-bond donors (Lipinski definition) is 2. The van der Waals surface area contributed by atoms with Crippen molar-refractivity contribution in [2.24, 2.45) is 0 Å². The number of pyridine rings is 1. The molecule has 0 saturated heterocycles. The van der Waals surface area contributed by atoms with Crippen LogP contribution in [0.3, 0.4) is 0 Å². The van der Waals surface area contributed by atoms with Gasteiger partial charge in [0.25, 0.3) is 0 Å². The van der Waals surface area contributed by atoms with Gasteiger partial charge in [0.05, 0.1) is 17.0 Å². The lowest BCUT2D eigenvalue weighted by atomic mass is 10.1. The van der Waals surface area contributed by atoms with Crippen molar-refractivity contribution in [3.63, 3.8) is 0 Å². The van der Waals surface area contributed by atoms with Crippen LogP contribution in [0, 0.1) is 0 Å². The second-order valence-corrected chi connectivity index (χ2v) is 10.5. The first kappa shape index (κ1) is 31.4. The van der Waals surface area contributed by atoms with Crippen LogP contribution in [0.4, 0.5) is 13.2 Å². The van der Waals surface area contributed by atoms with E-state index in [0.29, 0.717) is 51.3 Å². The van der Waals surface area contributed by atoms with E-state index < -0.39 is 11.7 Å². The maximum Gasteiger partial charge on any atom is 0.416 e. The maximum absolute atomic E-state index is 13.3. The molecule has 0 saturated carbocycles. The summed E-state index contributed by atoms with van der Waals surface area (Å²) in [4.78, 5) is 9.45. The fourth-order valence-electron chi connectivity index (χ4n) is 4.90. The van der Waals surface area contributed by atoms with Crippen LogP contribution in [0.5, 0.6) is 0 Å². The number of rotatable bonds is 16. The Hall–Kier alpha value is -3.56. The molecule has 0 aliphatic rings. The van der Waals surface area contributed by atoms with E-state index in [-0.39, 0.29) is 6.61 Å². The molecule has 0 radical (unpaired) electrons. The third kappa shape index (κ3) is 10.7. The van der Waals surface area contributed by atoms with Crippen LogP contribution in [0.2, 0.25) is 0 Å². The predicted octanol–water partition coefficient (Wildman–Crippen LogP) is 6.28. The standard InChI is InChI=1S/C34H39F3N4O/c35-34(36,37)31-15-7-14-30(22-31)25-40(20-19-38-18-9-21-42)26-32-16-8-17-33(39-32)27-41(23-28-10-3-1-4-11-28)24-29-12-5-2-6-13-29/h1-8,10-17,22,38,42H,9,18-21,23-27H2. The monoisotopic (exact) mass is 576 g/mol. The van der Waals surface area contributed by atoms with Gasteiger partial charge in [-0.2, -0.15) is 13.2 Å². The Morgan fingerprint density at radius 2 is 1.17 bits per heavy atom. The smallest absolute Gasteiger partial charge is 0.396 e. The van der Waals surface area contributed by atoms with Crippen LogP contribution in [0.25, 0.3) is 0 Å². The molecule has 0 spiro atoms. The van der Waals surface area contributed by atoms with E-state index in [0.717, 1.165) is 30.5 Å². The third-order valence-corrected chi connectivity index (χ3v) is 6.91. The van der Waals surface area contributed by atoms with Crippen molar-refractivity contribution >= 4 is 0 Å². The number of aliphatic hydroxyl groups is 1. The summed E-state index contributed by atoms with van der Waals surface area (Å²) >= 11 is 0. The van der Waals surface area contributed by atoms with Gasteiger partial charge in [-0.1, -0.05) is 84.9 Å². The van der Waals surface area contributed by atoms with Crippen LogP contribution < -0.4 is 5.32 Å². The van der Waals surface area contributed by atoms with E-state index >= 15 is 0 Å². The molecular weight excluding hydrogens is 537 g/mol. The largest absolute Gasteiger partial charge is 0.416 e. The lowest BCUT2D eigenvalue weighted by molar-refractivity contribution is -0.137. The zero-order chi connectivity index (χ0) is 29.6. The van der Waals surface area contributed by atoms with E-state index in [1.165, 1.54) is 23.3 Å². The van der Waals surface area contributed by atoms with Crippen molar-refractivity contribution in [2.75, 3.05) is 26.2 Å². The molecule has 1 heterocycles. The number of hydrogen-bond acceptors (Lipinski definition) is 5. The lowest BCUT2D eigenvalue weighted by Gasteiger charge is -2.24. The Kier molecular flexibility index (Phi) is 12.1. The average molecular weight is 577 g/mol. The lowest BCUT2D eigenvalue weighted by Crippen LogP contribution is -2.32. The zero-order valence-corrected chi connectivity index (χ0v) is 23.8. The first-order valence-electron chi connectivity index (χ1n) is 14.3. The van der Waals surface area contributed by atoms with Gasteiger partial charge in [-0.15, -0.1) is 0 Å². The summed E-state index contributed by atoms with van der Waals surface area (Å²) in [7, 11) is 0. The van der Waals surface area contributed by atoms with E-state index in [2.05, 4.69) is 39.4 Å². The molecule has 3 aromatic carbocycles. The number of nitrogens with one attached hydrogen (secondary N) is 1. The molecule has 0 aliphatic heterocycles. The molecule has 4 aromatic rings. The highest BCUT2D eigenvalue weighted by Gasteiger charge is 2.30. The van der Waals surface area contributed by atoms with Gasteiger partial charge in [0.1, 0.15) is 0 Å². The second kappa shape index (κ2) is 16.2. The summed E-state index contributed by atoms with van der Waals surface area (Å²) in [5, 5.41) is 12.4. The second-order valence-electron chi connectivity index (χ2n) is 10.5. The van der Waals surface area contributed by atoms with Gasteiger partial charge in [0, 0.05) is 52.4 Å². The molecule has 2 N–H and O–H groups in total. The molecule has 5 nitrogen and oxygen atoms in total.